The number of nitrogens with zero attached hydrogens (tertiary/aromatic N) is 3. The van der Waals surface area contributed by atoms with Gasteiger partial charge in [0.25, 0.3) is 0 Å². The van der Waals surface area contributed by atoms with Crippen LogP contribution in [0.1, 0.15) is 0 Å². The lowest BCUT2D eigenvalue weighted by atomic mass is 9.98. The van der Waals surface area contributed by atoms with Crippen LogP contribution in [0.2, 0.25) is 0 Å². The summed E-state index contributed by atoms with van der Waals surface area (Å²) < 4.78 is 12.5. The molecule has 46 heavy (non-hydrogen) atoms. The summed E-state index contributed by atoms with van der Waals surface area (Å²) in [5.41, 5.74) is 6.15. The van der Waals surface area contributed by atoms with E-state index in [0.29, 0.717) is 17.5 Å². The maximum Gasteiger partial charge on any atom is 0.164 e. The third-order valence-corrected chi connectivity index (χ3v) is 8.90. The average molecular weight is 590 g/mol. The first-order valence-corrected chi connectivity index (χ1v) is 15.3. The van der Waals surface area contributed by atoms with Gasteiger partial charge in [0.2, 0.25) is 0 Å². The maximum atomic E-state index is 6.27. The highest BCUT2D eigenvalue weighted by Gasteiger charge is 2.18. The Morgan fingerprint density at radius 3 is 1.85 bits per heavy atom. The Kier molecular flexibility index (Phi) is 5.22. The van der Waals surface area contributed by atoms with Crippen molar-refractivity contribution in [3.05, 3.63) is 140 Å². The summed E-state index contributed by atoms with van der Waals surface area (Å²) in [6, 6.07) is 47.6. The molecule has 0 bridgehead atoms. The van der Waals surface area contributed by atoms with Gasteiger partial charge >= 0.3 is 0 Å². The van der Waals surface area contributed by atoms with Crippen LogP contribution >= 0.6 is 0 Å². The molecule has 0 spiro atoms. The average Bonchev–Trinajstić information content (AvgIpc) is 3.68. The molecule has 0 saturated heterocycles. The minimum absolute atomic E-state index is 0.600. The number of hydrogen-bond acceptors (Lipinski definition) is 5. The molecule has 3 aromatic heterocycles. The second-order valence-corrected chi connectivity index (χ2v) is 11.6. The van der Waals surface area contributed by atoms with Crippen molar-refractivity contribution >= 4 is 65.4 Å². The Morgan fingerprint density at radius 1 is 0.348 bits per heavy atom. The molecule has 0 unspecified atom stereocenters. The van der Waals surface area contributed by atoms with Crippen molar-refractivity contribution in [3.63, 3.8) is 0 Å². The summed E-state index contributed by atoms with van der Waals surface area (Å²) in [5.74, 6) is 1.83. The molecule has 0 atom stereocenters. The van der Waals surface area contributed by atoms with Gasteiger partial charge in [-0.1, -0.05) is 103 Å². The molecule has 5 nitrogen and oxygen atoms in total. The van der Waals surface area contributed by atoms with Crippen LogP contribution in [0.15, 0.2) is 148 Å². The summed E-state index contributed by atoms with van der Waals surface area (Å²) >= 11 is 0. The summed E-state index contributed by atoms with van der Waals surface area (Å²) in [7, 11) is 0. The smallest absolute Gasteiger partial charge is 0.164 e. The quantitative estimate of drug-likeness (QED) is 0.192. The van der Waals surface area contributed by atoms with Gasteiger partial charge in [-0.3, -0.25) is 0 Å². The topological polar surface area (TPSA) is 65.0 Å². The SMILES string of the molecule is c1ccc(-c2nc(-c3ccc4ccc5cc6c(cc5c4c3)oc3ccccc36)nc(-c3cccc4oc5ccccc5c34)n2)cc1. The fourth-order valence-electron chi connectivity index (χ4n) is 6.72. The molecule has 0 saturated carbocycles. The fourth-order valence-corrected chi connectivity index (χ4v) is 6.72. The van der Waals surface area contributed by atoms with E-state index >= 15 is 0 Å². The first kappa shape index (κ1) is 25.0. The monoisotopic (exact) mass is 589 g/mol. The predicted molar refractivity (Wildman–Crippen MR) is 186 cm³/mol. The number of aromatic nitrogens is 3. The van der Waals surface area contributed by atoms with Crippen molar-refractivity contribution in [3.8, 4) is 34.2 Å². The Hall–Kier alpha value is -6.33. The van der Waals surface area contributed by atoms with Gasteiger partial charge in [0.1, 0.15) is 22.3 Å². The number of rotatable bonds is 3. The van der Waals surface area contributed by atoms with Crippen LogP contribution in [0.5, 0.6) is 0 Å². The van der Waals surface area contributed by atoms with Crippen molar-refractivity contribution in [2.45, 2.75) is 0 Å². The standard InChI is InChI=1S/C41H23N3O2/c1-2-9-25(10-3-1)39-42-40(44-41(43-39)30-13-8-16-36-38(30)29-12-5-7-15-35(29)45-36)27-20-18-24-17-19-26-21-33-28-11-4-6-14-34(28)46-37(33)23-32(26)31(24)22-27/h1-23H. The Balaban J connectivity index is 1.22. The van der Waals surface area contributed by atoms with E-state index in [1.54, 1.807) is 0 Å². The third kappa shape index (κ3) is 3.79. The molecule has 5 heteroatoms. The van der Waals surface area contributed by atoms with E-state index in [0.717, 1.165) is 82.1 Å². The van der Waals surface area contributed by atoms with Crippen LogP contribution < -0.4 is 0 Å². The molecule has 0 aliphatic carbocycles. The normalized spacial score (nSPS) is 11.9. The van der Waals surface area contributed by atoms with Gasteiger partial charge in [0.05, 0.1) is 0 Å². The lowest BCUT2D eigenvalue weighted by molar-refractivity contribution is 0.669. The molecule has 0 aliphatic heterocycles. The largest absolute Gasteiger partial charge is 0.456 e. The molecule has 10 rings (SSSR count). The van der Waals surface area contributed by atoms with Crippen molar-refractivity contribution in [1.82, 2.24) is 15.0 Å². The molecule has 0 aliphatic rings. The van der Waals surface area contributed by atoms with E-state index in [9.17, 15) is 0 Å². The van der Waals surface area contributed by atoms with Crippen LogP contribution in [0, 0.1) is 0 Å². The van der Waals surface area contributed by atoms with E-state index in [4.69, 9.17) is 23.8 Å². The summed E-state index contributed by atoms with van der Waals surface area (Å²) in [6.07, 6.45) is 0. The molecular weight excluding hydrogens is 566 g/mol. The minimum Gasteiger partial charge on any atom is -0.456 e. The highest BCUT2D eigenvalue weighted by Crippen LogP contribution is 2.38. The summed E-state index contributed by atoms with van der Waals surface area (Å²) in [6.45, 7) is 0. The lowest BCUT2D eigenvalue weighted by Gasteiger charge is -2.11. The summed E-state index contributed by atoms with van der Waals surface area (Å²) in [5, 5.41) is 8.80. The van der Waals surface area contributed by atoms with Crippen LogP contribution in [0.25, 0.3) is 99.6 Å². The number of furan rings is 2. The van der Waals surface area contributed by atoms with Crippen LogP contribution in [-0.2, 0) is 0 Å². The number of fused-ring (bicyclic) bond motifs is 9. The lowest BCUT2D eigenvalue weighted by Crippen LogP contribution is -2.00. The van der Waals surface area contributed by atoms with Crippen LogP contribution in [0.3, 0.4) is 0 Å². The molecule has 10 aromatic rings. The van der Waals surface area contributed by atoms with Crippen molar-refractivity contribution < 1.29 is 8.83 Å². The van der Waals surface area contributed by atoms with Crippen molar-refractivity contribution in [1.29, 1.82) is 0 Å². The van der Waals surface area contributed by atoms with Crippen molar-refractivity contribution in [2.75, 3.05) is 0 Å². The van der Waals surface area contributed by atoms with E-state index in [1.807, 2.05) is 72.8 Å². The van der Waals surface area contributed by atoms with E-state index < -0.39 is 0 Å². The zero-order valence-electron chi connectivity index (χ0n) is 24.4. The molecule has 7 aromatic carbocycles. The van der Waals surface area contributed by atoms with Crippen molar-refractivity contribution in [2.24, 2.45) is 0 Å². The first-order valence-electron chi connectivity index (χ1n) is 15.3. The highest BCUT2D eigenvalue weighted by atomic mass is 16.3. The number of para-hydroxylation sites is 2. The molecule has 0 fully saturated rings. The number of benzene rings is 7. The van der Waals surface area contributed by atoms with Gasteiger partial charge in [-0.05, 0) is 57.9 Å². The molecule has 0 amide bonds. The van der Waals surface area contributed by atoms with Crippen LogP contribution in [-0.4, -0.2) is 15.0 Å². The van der Waals surface area contributed by atoms with Crippen LogP contribution in [0.4, 0.5) is 0 Å². The summed E-state index contributed by atoms with van der Waals surface area (Å²) in [4.78, 5) is 15.2. The van der Waals surface area contributed by atoms with Gasteiger partial charge in [-0.2, -0.15) is 0 Å². The maximum absolute atomic E-state index is 6.27. The predicted octanol–water partition coefficient (Wildman–Crippen LogP) is 11.0. The first-order chi connectivity index (χ1) is 22.8. The van der Waals surface area contributed by atoms with E-state index in [-0.39, 0.29) is 0 Å². The van der Waals surface area contributed by atoms with E-state index in [2.05, 4.69) is 66.7 Å². The van der Waals surface area contributed by atoms with Gasteiger partial charge in [-0.25, -0.2) is 15.0 Å². The number of hydrogen-bond donors (Lipinski definition) is 0. The Labute approximate surface area is 262 Å². The fraction of sp³-hybridized carbons (Fsp3) is 0. The van der Waals surface area contributed by atoms with Gasteiger partial charge in [-0.15, -0.1) is 0 Å². The van der Waals surface area contributed by atoms with Gasteiger partial charge in [0, 0.05) is 38.2 Å². The van der Waals surface area contributed by atoms with E-state index in [1.165, 1.54) is 0 Å². The molecule has 214 valence electrons. The highest BCUT2D eigenvalue weighted by molar-refractivity contribution is 6.16. The third-order valence-electron chi connectivity index (χ3n) is 8.90. The molecular formula is C41H23N3O2. The van der Waals surface area contributed by atoms with Gasteiger partial charge in [0.15, 0.2) is 17.5 Å². The molecule has 0 radical (unpaired) electrons. The Morgan fingerprint density at radius 2 is 0.978 bits per heavy atom. The zero-order chi connectivity index (χ0) is 30.2. The second-order valence-electron chi connectivity index (χ2n) is 11.6. The molecule has 3 heterocycles. The molecule has 0 N–H and O–H groups in total. The second kappa shape index (κ2) is 9.58. The Bertz CT molecular complexity index is 2810. The van der Waals surface area contributed by atoms with Gasteiger partial charge < -0.3 is 8.83 Å². The zero-order valence-corrected chi connectivity index (χ0v) is 24.4. The minimum atomic E-state index is 0.600.